The van der Waals surface area contributed by atoms with Gasteiger partial charge in [0.05, 0.1) is 18.6 Å². The quantitative estimate of drug-likeness (QED) is 0.728. The molecular formula is C9H16N4O2. The van der Waals surface area contributed by atoms with Crippen molar-refractivity contribution in [3.8, 4) is 0 Å². The van der Waals surface area contributed by atoms with E-state index in [4.69, 9.17) is 15.0 Å². The molecule has 0 saturated carbocycles. The van der Waals surface area contributed by atoms with Crippen molar-refractivity contribution < 1.29 is 9.26 Å². The van der Waals surface area contributed by atoms with Crippen LogP contribution in [0.5, 0.6) is 0 Å². The molecule has 1 aliphatic rings. The highest BCUT2D eigenvalue weighted by atomic mass is 16.5. The van der Waals surface area contributed by atoms with E-state index in [0.29, 0.717) is 25.1 Å². The Hall–Kier alpha value is -1.14. The summed E-state index contributed by atoms with van der Waals surface area (Å²) < 4.78 is 10.6. The molecule has 1 fully saturated rings. The van der Waals surface area contributed by atoms with Gasteiger partial charge in [-0.1, -0.05) is 0 Å². The number of nitrogens with two attached hydrogens (primary N) is 1. The number of hydrogen-bond donors (Lipinski definition) is 1. The monoisotopic (exact) mass is 212 g/mol. The standard InChI is InChI=1S/C9H16N4O2/c1-9(5-14-4-6(9)10)7-11-8(12-15-7)13(2)3/h6H,4-5,10H2,1-3H3. The molecule has 1 aliphatic heterocycles. The van der Waals surface area contributed by atoms with Crippen molar-refractivity contribution in [2.45, 2.75) is 18.4 Å². The molecule has 6 heteroatoms. The zero-order valence-corrected chi connectivity index (χ0v) is 9.23. The van der Waals surface area contributed by atoms with Crippen LogP contribution in [-0.4, -0.2) is 43.5 Å². The van der Waals surface area contributed by atoms with Gasteiger partial charge >= 0.3 is 0 Å². The summed E-state index contributed by atoms with van der Waals surface area (Å²) in [5, 5.41) is 3.87. The molecule has 1 saturated heterocycles. The van der Waals surface area contributed by atoms with Gasteiger partial charge in [-0.15, -0.1) is 0 Å². The summed E-state index contributed by atoms with van der Waals surface area (Å²) in [5.74, 6) is 1.11. The molecule has 2 heterocycles. The van der Waals surface area contributed by atoms with Crippen LogP contribution in [-0.2, 0) is 10.2 Å². The number of rotatable bonds is 2. The predicted octanol–water partition coefficient (Wildman–Crippen LogP) is -0.249. The van der Waals surface area contributed by atoms with Crippen LogP contribution >= 0.6 is 0 Å². The van der Waals surface area contributed by atoms with E-state index in [1.54, 1.807) is 4.90 Å². The fourth-order valence-electron chi connectivity index (χ4n) is 1.54. The summed E-state index contributed by atoms with van der Waals surface area (Å²) in [6.45, 7) is 3.05. The molecule has 0 radical (unpaired) electrons. The lowest BCUT2D eigenvalue weighted by atomic mass is 9.86. The molecule has 84 valence electrons. The van der Waals surface area contributed by atoms with Crippen molar-refractivity contribution in [2.24, 2.45) is 5.73 Å². The van der Waals surface area contributed by atoms with Crippen LogP contribution in [0.4, 0.5) is 5.95 Å². The summed E-state index contributed by atoms with van der Waals surface area (Å²) in [5.41, 5.74) is 5.60. The number of hydrogen-bond acceptors (Lipinski definition) is 6. The Bertz CT molecular complexity index is 352. The normalized spacial score (nSPS) is 30.8. The highest BCUT2D eigenvalue weighted by Crippen LogP contribution is 2.31. The minimum atomic E-state index is -0.360. The lowest BCUT2D eigenvalue weighted by molar-refractivity contribution is 0.169. The molecule has 2 rings (SSSR count). The molecule has 1 aromatic rings. The Morgan fingerprint density at radius 3 is 2.73 bits per heavy atom. The summed E-state index contributed by atoms with van der Waals surface area (Å²) in [7, 11) is 3.73. The zero-order valence-electron chi connectivity index (χ0n) is 9.23. The Morgan fingerprint density at radius 1 is 1.53 bits per heavy atom. The van der Waals surface area contributed by atoms with Gasteiger partial charge in [-0.3, -0.25) is 0 Å². The largest absolute Gasteiger partial charge is 0.379 e. The van der Waals surface area contributed by atoms with Crippen molar-refractivity contribution in [3.63, 3.8) is 0 Å². The molecule has 0 aromatic carbocycles. The second-order valence-corrected chi connectivity index (χ2v) is 4.33. The van der Waals surface area contributed by atoms with Gasteiger partial charge in [-0.05, 0) is 12.1 Å². The maximum Gasteiger partial charge on any atom is 0.265 e. The van der Waals surface area contributed by atoms with Crippen LogP contribution in [0.1, 0.15) is 12.8 Å². The number of aromatic nitrogens is 2. The van der Waals surface area contributed by atoms with Crippen LogP contribution in [0.2, 0.25) is 0 Å². The van der Waals surface area contributed by atoms with E-state index in [9.17, 15) is 0 Å². The van der Waals surface area contributed by atoms with Crippen molar-refractivity contribution in [2.75, 3.05) is 32.2 Å². The van der Waals surface area contributed by atoms with Gasteiger partial charge in [0.15, 0.2) is 0 Å². The molecule has 2 N–H and O–H groups in total. The molecule has 0 spiro atoms. The SMILES string of the molecule is CN(C)c1noc(C2(C)COCC2N)n1. The van der Waals surface area contributed by atoms with Gasteiger partial charge in [0.2, 0.25) is 5.89 Å². The molecule has 2 unspecified atom stereocenters. The van der Waals surface area contributed by atoms with E-state index < -0.39 is 0 Å². The second kappa shape index (κ2) is 3.46. The highest BCUT2D eigenvalue weighted by Gasteiger charge is 2.44. The fourth-order valence-corrected chi connectivity index (χ4v) is 1.54. The first kappa shape index (κ1) is 10.4. The second-order valence-electron chi connectivity index (χ2n) is 4.33. The molecule has 2 atom stereocenters. The van der Waals surface area contributed by atoms with Gasteiger partial charge in [0.1, 0.15) is 0 Å². The van der Waals surface area contributed by atoms with Gasteiger partial charge in [0.25, 0.3) is 5.95 Å². The van der Waals surface area contributed by atoms with E-state index in [-0.39, 0.29) is 11.5 Å². The van der Waals surface area contributed by atoms with Crippen LogP contribution in [0.25, 0.3) is 0 Å². The van der Waals surface area contributed by atoms with Crippen LogP contribution < -0.4 is 10.6 Å². The van der Waals surface area contributed by atoms with Gasteiger partial charge in [-0.2, -0.15) is 4.98 Å². The third-order valence-electron chi connectivity index (χ3n) is 2.82. The van der Waals surface area contributed by atoms with E-state index in [1.807, 2.05) is 21.0 Å². The first-order valence-electron chi connectivity index (χ1n) is 4.89. The summed E-state index contributed by atoms with van der Waals surface area (Å²) in [6.07, 6.45) is 0. The first-order chi connectivity index (χ1) is 7.04. The molecule has 1 aromatic heterocycles. The third-order valence-corrected chi connectivity index (χ3v) is 2.82. The van der Waals surface area contributed by atoms with Crippen molar-refractivity contribution in [3.05, 3.63) is 5.89 Å². The van der Waals surface area contributed by atoms with E-state index in [2.05, 4.69) is 10.1 Å². The Kier molecular flexibility index (Phi) is 2.40. The zero-order chi connectivity index (χ0) is 11.1. The summed E-state index contributed by atoms with van der Waals surface area (Å²) in [4.78, 5) is 6.09. The average molecular weight is 212 g/mol. The molecule has 15 heavy (non-hydrogen) atoms. The summed E-state index contributed by atoms with van der Waals surface area (Å²) in [6, 6.07) is -0.0898. The van der Waals surface area contributed by atoms with Crippen LogP contribution in [0, 0.1) is 0 Å². The highest BCUT2D eigenvalue weighted by molar-refractivity contribution is 5.26. The minimum Gasteiger partial charge on any atom is -0.379 e. The average Bonchev–Trinajstić information content (AvgIpc) is 2.75. The molecule has 0 bridgehead atoms. The van der Waals surface area contributed by atoms with Crippen LogP contribution in [0.15, 0.2) is 4.52 Å². The first-order valence-corrected chi connectivity index (χ1v) is 4.89. The lowest BCUT2D eigenvalue weighted by Gasteiger charge is -2.21. The molecule has 0 aliphatic carbocycles. The maximum absolute atomic E-state index is 5.96. The van der Waals surface area contributed by atoms with Crippen molar-refractivity contribution >= 4 is 5.95 Å². The van der Waals surface area contributed by atoms with E-state index in [0.717, 1.165) is 0 Å². The fraction of sp³-hybridized carbons (Fsp3) is 0.778. The molecule has 0 amide bonds. The van der Waals surface area contributed by atoms with Gasteiger partial charge in [-0.25, -0.2) is 0 Å². The van der Waals surface area contributed by atoms with Gasteiger partial charge in [0, 0.05) is 20.1 Å². The van der Waals surface area contributed by atoms with Crippen LogP contribution in [0.3, 0.4) is 0 Å². The van der Waals surface area contributed by atoms with E-state index in [1.165, 1.54) is 0 Å². The maximum atomic E-state index is 5.96. The predicted molar refractivity (Wildman–Crippen MR) is 54.8 cm³/mol. The number of ether oxygens (including phenoxy) is 1. The summed E-state index contributed by atoms with van der Waals surface area (Å²) >= 11 is 0. The van der Waals surface area contributed by atoms with Gasteiger partial charge < -0.3 is 19.9 Å². The Labute approximate surface area is 88.4 Å². The number of nitrogens with zero attached hydrogens (tertiary/aromatic N) is 3. The number of anilines is 1. The third kappa shape index (κ3) is 1.59. The Balaban J connectivity index is 2.28. The molecule has 6 nitrogen and oxygen atoms in total. The topological polar surface area (TPSA) is 77.4 Å². The van der Waals surface area contributed by atoms with Crippen molar-refractivity contribution in [1.29, 1.82) is 0 Å². The molecular weight excluding hydrogens is 196 g/mol. The Morgan fingerprint density at radius 2 is 2.27 bits per heavy atom. The minimum absolute atomic E-state index is 0.0898. The smallest absolute Gasteiger partial charge is 0.265 e. The lowest BCUT2D eigenvalue weighted by Crippen LogP contribution is -2.42. The van der Waals surface area contributed by atoms with E-state index >= 15 is 0 Å². The van der Waals surface area contributed by atoms with Crippen molar-refractivity contribution in [1.82, 2.24) is 10.1 Å².